The predicted octanol–water partition coefficient (Wildman–Crippen LogP) is 1.14. The van der Waals surface area contributed by atoms with Crippen molar-refractivity contribution in [1.29, 1.82) is 0 Å². The van der Waals surface area contributed by atoms with Gasteiger partial charge in [0.05, 0.1) is 37.7 Å². The summed E-state index contributed by atoms with van der Waals surface area (Å²) in [5.74, 6) is -0.512. The number of esters is 1. The van der Waals surface area contributed by atoms with Crippen LogP contribution in [-0.4, -0.2) is 63.4 Å². The molecule has 2 aliphatic rings. The van der Waals surface area contributed by atoms with Crippen LogP contribution in [0.4, 0.5) is 0 Å². The molecular weight excluding hydrogens is 345 g/mol. The molecule has 0 radical (unpaired) electrons. The van der Waals surface area contributed by atoms with Gasteiger partial charge in [0.2, 0.25) is 0 Å². The first kappa shape index (κ1) is 18.6. The maximum absolute atomic E-state index is 12.6. The van der Waals surface area contributed by atoms with Crippen LogP contribution in [0.2, 0.25) is 0 Å². The van der Waals surface area contributed by atoms with Crippen LogP contribution in [-0.2, 0) is 32.9 Å². The third-order valence-corrected chi connectivity index (χ3v) is 6.38. The Bertz CT molecular complexity index is 659. The Hall–Kier alpha value is -0.730. The van der Waals surface area contributed by atoms with Crippen LogP contribution in [0.5, 0.6) is 0 Å². The largest absolute Gasteiger partial charge is 0.463 e. The SMILES string of the molecule is CCOC(=O)C1=C[C@H]2[C@@H]([C@@H](OS(C)(=O)=O)C1)N2P(C)(=O)OCC. The van der Waals surface area contributed by atoms with Crippen molar-refractivity contribution in [1.82, 2.24) is 4.67 Å². The minimum absolute atomic E-state index is 0.0930. The van der Waals surface area contributed by atoms with Crippen LogP contribution in [0.3, 0.4) is 0 Å². The summed E-state index contributed by atoms with van der Waals surface area (Å²) in [5, 5.41) is 0. The van der Waals surface area contributed by atoms with E-state index in [2.05, 4.69) is 0 Å². The highest BCUT2D eigenvalue weighted by molar-refractivity contribution is 7.86. The van der Waals surface area contributed by atoms with Gasteiger partial charge in [-0.25, -0.2) is 9.46 Å². The molecule has 0 N–H and O–H groups in total. The molecule has 1 aliphatic carbocycles. The van der Waals surface area contributed by atoms with Gasteiger partial charge in [-0.05, 0) is 13.8 Å². The zero-order valence-electron chi connectivity index (χ0n) is 13.6. The Kier molecular flexibility index (Phi) is 5.37. The molecule has 2 rings (SSSR count). The number of nitrogens with zero attached hydrogens (tertiary/aromatic N) is 1. The van der Waals surface area contributed by atoms with Crippen LogP contribution < -0.4 is 0 Å². The van der Waals surface area contributed by atoms with E-state index in [-0.39, 0.29) is 31.7 Å². The molecule has 0 amide bonds. The Morgan fingerprint density at radius 3 is 2.57 bits per heavy atom. The van der Waals surface area contributed by atoms with E-state index in [9.17, 15) is 17.8 Å². The van der Waals surface area contributed by atoms with E-state index in [0.717, 1.165) is 6.26 Å². The van der Waals surface area contributed by atoms with E-state index >= 15 is 0 Å². The summed E-state index contributed by atoms with van der Waals surface area (Å²) in [6.07, 6.45) is 1.93. The third kappa shape index (κ3) is 4.22. The zero-order valence-corrected chi connectivity index (χ0v) is 15.3. The lowest BCUT2D eigenvalue weighted by molar-refractivity contribution is -0.139. The molecule has 1 saturated heterocycles. The number of rotatable bonds is 7. The molecule has 132 valence electrons. The molecule has 0 saturated carbocycles. The summed E-state index contributed by atoms with van der Waals surface area (Å²) in [4.78, 5) is 11.9. The summed E-state index contributed by atoms with van der Waals surface area (Å²) in [6, 6.07) is -0.734. The Labute approximate surface area is 136 Å². The molecular formula is C13H22NO7PS. The van der Waals surface area contributed by atoms with Crippen molar-refractivity contribution in [3.8, 4) is 0 Å². The van der Waals surface area contributed by atoms with Gasteiger partial charge in [0, 0.05) is 18.7 Å². The normalized spacial score (nSPS) is 32.4. The minimum atomic E-state index is -3.71. The van der Waals surface area contributed by atoms with E-state index in [1.807, 2.05) is 0 Å². The molecule has 0 aromatic heterocycles. The van der Waals surface area contributed by atoms with Gasteiger partial charge in [-0.2, -0.15) is 8.42 Å². The van der Waals surface area contributed by atoms with Crippen molar-refractivity contribution >= 4 is 23.6 Å². The first-order chi connectivity index (χ1) is 10.6. The van der Waals surface area contributed by atoms with E-state index < -0.39 is 29.7 Å². The molecule has 23 heavy (non-hydrogen) atoms. The molecule has 0 aromatic rings. The van der Waals surface area contributed by atoms with Gasteiger partial charge in [-0.3, -0.25) is 8.75 Å². The maximum Gasteiger partial charge on any atom is 0.333 e. The first-order valence-corrected chi connectivity index (χ1v) is 11.2. The van der Waals surface area contributed by atoms with E-state index in [4.69, 9.17) is 13.4 Å². The fourth-order valence-corrected chi connectivity index (χ4v) is 5.56. The second kappa shape index (κ2) is 6.64. The molecule has 8 nitrogen and oxygen atoms in total. The Morgan fingerprint density at radius 2 is 2.04 bits per heavy atom. The lowest BCUT2D eigenvalue weighted by atomic mass is 9.97. The Balaban J connectivity index is 2.27. The van der Waals surface area contributed by atoms with Gasteiger partial charge in [0.15, 0.2) is 0 Å². The molecule has 5 atom stereocenters. The smallest absolute Gasteiger partial charge is 0.333 e. The first-order valence-electron chi connectivity index (χ1n) is 7.37. The van der Waals surface area contributed by atoms with Crippen molar-refractivity contribution in [2.75, 3.05) is 26.1 Å². The summed E-state index contributed by atoms with van der Waals surface area (Å²) in [5.41, 5.74) is 0.334. The van der Waals surface area contributed by atoms with Gasteiger partial charge in [-0.1, -0.05) is 6.08 Å². The van der Waals surface area contributed by atoms with Crippen molar-refractivity contribution in [3.63, 3.8) is 0 Å². The maximum atomic E-state index is 12.6. The van der Waals surface area contributed by atoms with E-state index in [1.54, 1.807) is 24.6 Å². The van der Waals surface area contributed by atoms with Gasteiger partial charge < -0.3 is 9.26 Å². The van der Waals surface area contributed by atoms with Gasteiger partial charge in [-0.15, -0.1) is 0 Å². The fourth-order valence-electron chi connectivity index (χ4n) is 2.91. The molecule has 0 spiro atoms. The highest BCUT2D eigenvalue weighted by atomic mass is 32.2. The third-order valence-electron chi connectivity index (χ3n) is 3.67. The summed E-state index contributed by atoms with van der Waals surface area (Å²) < 4.78 is 52.5. The number of carbonyl (C=O) groups is 1. The number of carbonyl (C=O) groups excluding carboxylic acids is 1. The minimum Gasteiger partial charge on any atom is -0.463 e. The predicted molar refractivity (Wildman–Crippen MR) is 83.6 cm³/mol. The highest BCUT2D eigenvalue weighted by Crippen LogP contribution is 2.61. The fraction of sp³-hybridized carbons (Fsp3) is 0.769. The quantitative estimate of drug-likeness (QED) is 0.286. The van der Waals surface area contributed by atoms with E-state index in [1.165, 1.54) is 6.66 Å². The van der Waals surface area contributed by atoms with Gasteiger partial charge in [0.1, 0.15) is 0 Å². The second-order valence-corrected chi connectivity index (χ2v) is 9.46. The standard InChI is InChI=1S/C13H22NO7PS/c1-5-19-13(15)9-7-10-12(11(8-9)21-23(4,17)18)14(10)22(3,16)20-6-2/h7,10-12H,5-6,8H2,1-4H3/t10-,11-,12-,14?,22?/m0/s1. The molecule has 2 unspecified atom stereocenters. The van der Waals surface area contributed by atoms with Crippen LogP contribution in [0.25, 0.3) is 0 Å². The second-order valence-electron chi connectivity index (χ2n) is 5.54. The van der Waals surface area contributed by atoms with Crippen LogP contribution >= 0.6 is 7.52 Å². The van der Waals surface area contributed by atoms with Crippen molar-refractivity contribution in [3.05, 3.63) is 11.6 Å². The average molecular weight is 367 g/mol. The van der Waals surface area contributed by atoms with Crippen LogP contribution in [0.15, 0.2) is 11.6 Å². The van der Waals surface area contributed by atoms with Crippen molar-refractivity contribution in [2.24, 2.45) is 0 Å². The monoisotopic (exact) mass is 367 g/mol. The number of ether oxygens (including phenoxy) is 1. The summed E-state index contributed by atoms with van der Waals surface area (Å²) in [6.45, 7) is 5.39. The van der Waals surface area contributed by atoms with Crippen molar-refractivity contribution in [2.45, 2.75) is 38.5 Å². The molecule has 0 bridgehead atoms. The van der Waals surface area contributed by atoms with Gasteiger partial charge >= 0.3 is 5.97 Å². The van der Waals surface area contributed by atoms with Crippen LogP contribution in [0.1, 0.15) is 20.3 Å². The topological polar surface area (TPSA) is 99.0 Å². The highest BCUT2D eigenvalue weighted by Gasteiger charge is 2.61. The zero-order chi connectivity index (χ0) is 17.4. The number of hydrogen-bond donors (Lipinski definition) is 0. The number of hydrogen-bond acceptors (Lipinski definition) is 7. The molecule has 10 heteroatoms. The summed E-state index contributed by atoms with van der Waals surface area (Å²) in [7, 11) is -6.78. The summed E-state index contributed by atoms with van der Waals surface area (Å²) >= 11 is 0. The lowest BCUT2D eigenvalue weighted by Gasteiger charge is -2.20. The molecule has 1 fully saturated rings. The Morgan fingerprint density at radius 1 is 1.39 bits per heavy atom. The molecule has 0 aromatic carbocycles. The number of fused-ring (bicyclic) bond motifs is 1. The lowest BCUT2D eigenvalue weighted by Crippen LogP contribution is -2.30. The average Bonchev–Trinajstić information content (AvgIpc) is 3.12. The molecule has 1 aliphatic heterocycles. The van der Waals surface area contributed by atoms with Gasteiger partial charge in [0.25, 0.3) is 17.6 Å². The van der Waals surface area contributed by atoms with Crippen molar-refractivity contribution < 1.29 is 31.2 Å². The molecule has 1 heterocycles. The van der Waals surface area contributed by atoms with E-state index in [0.29, 0.717) is 5.57 Å². The van der Waals surface area contributed by atoms with Crippen LogP contribution in [0, 0.1) is 0 Å².